The summed E-state index contributed by atoms with van der Waals surface area (Å²) in [6.07, 6.45) is 2.87. The summed E-state index contributed by atoms with van der Waals surface area (Å²) in [5.41, 5.74) is 0. The first kappa shape index (κ1) is 17.5. The fourth-order valence-corrected chi connectivity index (χ4v) is 6.47. The van der Waals surface area contributed by atoms with E-state index in [1.807, 2.05) is 0 Å². The molecule has 0 aliphatic heterocycles. The van der Waals surface area contributed by atoms with Gasteiger partial charge in [-0.1, -0.05) is 75.1 Å². The zero-order chi connectivity index (χ0) is 10.3. The van der Waals surface area contributed by atoms with Crippen LogP contribution >= 0.6 is 0 Å². The van der Waals surface area contributed by atoms with Crippen LogP contribution in [0.15, 0.2) is 0 Å². The second kappa shape index (κ2) is 10.6. The quantitative estimate of drug-likeness (QED) is 0.546. The van der Waals surface area contributed by atoms with Crippen molar-refractivity contribution in [2.45, 2.75) is 63.3 Å². The summed E-state index contributed by atoms with van der Waals surface area (Å²) in [5, 5.41) is 4.73. The first-order valence-corrected chi connectivity index (χ1v) is 8.51. The topological polar surface area (TPSA) is 0 Å². The monoisotopic (exact) mass is 205 g/mol. The van der Waals surface area contributed by atoms with Crippen LogP contribution in [-0.4, -0.2) is 33.0 Å². The molecule has 0 aliphatic carbocycles. The van der Waals surface area contributed by atoms with Gasteiger partial charge in [-0.15, -0.1) is 0 Å². The van der Waals surface area contributed by atoms with Crippen LogP contribution in [0.2, 0.25) is 15.8 Å². The molecule has 0 saturated carbocycles. The Balaban J connectivity index is 0. The second-order valence-electron chi connectivity index (χ2n) is 5.27. The smallest absolute Gasteiger partial charge is 0.0939 e. The van der Waals surface area contributed by atoms with Crippen LogP contribution in [-0.2, 0) is 0 Å². The molecule has 0 amide bonds. The molecular formula is C12H27AlLi. The van der Waals surface area contributed by atoms with Gasteiger partial charge in [-0.05, 0) is 0 Å². The molecule has 1 radical (unpaired) electrons. The fourth-order valence-electron chi connectivity index (χ4n) is 2.16. The number of hydrogen-bond donors (Lipinski definition) is 0. The van der Waals surface area contributed by atoms with Crippen LogP contribution in [0.1, 0.15) is 47.5 Å². The van der Waals surface area contributed by atoms with Gasteiger partial charge in [0.2, 0.25) is 0 Å². The fraction of sp³-hybridized carbons (Fsp3) is 1.00. The summed E-state index contributed by atoms with van der Waals surface area (Å²) in [5.74, 6) is 1.87. The summed E-state index contributed by atoms with van der Waals surface area (Å²) in [7, 11) is 0. The summed E-state index contributed by atoms with van der Waals surface area (Å²) in [6.45, 7) is 11.8. The maximum absolute atomic E-state index is 2.38. The Hall–Kier alpha value is 1.13. The van der Waals surface area contributed by atoms with E-state index in [1.165, 1.54) is 12.8 Å². The molecule has 0 spiro atoms. The Bertz CT molecular complexity index is 103. The normalized spacial score (nSPS) is 10.5. The van der Waals surface area contributed by atoms with Crippen molar-refractivity contribution in [3.8, 4) is 0 Å². The maximum Gasteiger partial charge on any atom is 0.262 e. The largest absolute Gasteiger partial charge is 0.262 e. The van der Waals surface area contributed by atoms with Gasteiger partial charge in [-0.2, -0.15) is 0 Å². The van der Waals surface area contributed by atoms with Gasteiger partial charge in [0.1, 0.15) is 0 Å². The molecule has 2 heteroatoms. The number of rotatable bonds is 7. The molecule has 0 saturated heterocycles. The molecule has 0 rings (SSSR count). The van der Waals surface area contributed by atoms with Gasteiger partial charge < -0.3 is 0 Å². The maximum atomic E-state index is 2.38. The van der Waals surface area contributed by atoms with E-state index < -0.39 is 0 Å². The third-order valence-corrected chi connectivity index (χ3v) is 7.02. The van der Waals surface area contributed by atoms with Gasteiger partial charge in [0.05, 0.1) is 0 Å². The molecule has 0 atom stereocenters. The SMILES string of the molecule is CCC[CH2][Al]([CH2]C(C)C)[CH2]C(C)C.[Li]. The van der Waals surface area contributed by atoms with E-state index in [1.54, 1.807) is 15.8 Å². The van der Waals surface area contributed by atoms with E-state index >= 15 is 0 Å². The Kier molecular flexibility index (Phi) is 13.3. The molecule has 0 aromatic carbocycles. The van der Waals surface area contributed by atoms with Crippen molar-refractivity contribution in [1.29, 1.82) is 0 Å². The molecule has 0 aliphatic rings. The molecule has 14 heavy (non-hydrogen) atoms. The molecule has 0 unspecified atom stereocenters. The molecule has 0 N–H and O–H groups in total. The summed E-state index contributed by atoms with van der Waals surface area (Å²) >= 11 is -0.367. The Morgan fingerprint density at radius 1 is 0.929 bits per heavy atom. The molecular weight excluding hydrogens is 178 g/mol. The van der Waals surface area contributed by atoms with Crippen LogP contribution in [0.25, 0.3) is 0 Å². The van der Waals surface area contributed by atoms with Gasteiger partial charge >= 0.3 is 0 Å². The minimum Gasteiger partial charge on any atom is -0.0939 e. The van der Waals surface area contributed by atoms with Crippen molar-refractivity contribution in [1.82, 2.24) is 0 Å². The minimum absolute atomic E-state index is 0. The third-order valence-electron chi connectivity index (χ3n) is 2.58. The summed E-state index contributed by atoms with van der Waals surface area (Å²) in [6, 6.07) is 0. The van der Waals surface area contributed by atoms with Gasteiger partial charge in [0.25, 0.3) is 14.1 Å². The van der Waals surface area contributed by atoms with Crippen LogP contribution < -0.4 is 0 Å². The van der Waals surface area contributed by atoms with Gasteiger partial charge in [0.15, 0.2) is 0 Å². The van der Waals surface area contributed by atoms with Crippen LogP contribution in [0.3, 0.4) is 0 Å². The van der Waals surface area contributed by atoms with Crippen molar-refractivity contribution in [2.75, 3.05) is 0 Å². The average Bonchev–Trinajstić information content (AvgIpc) is 1.98. The molecule has 79 valence electrons. The minimum atomic E-state index is -0.367. The summed E-state index contributed by atoms with van der Waals surface area (Å²) < 4.78 is 0. The predicted molar refractivity (Wildman–Crippen MR) is 70.5 cm³/mol. The van der Waals surface area contributed by atoms with Crippen molar-refractivity contribution in [3.63, 3.8) is 0 Å². The van der Waals surface area contributed by atoms with Crippen molar-refractivity contribution in [3.05, 3.63) is 0 Å². The van der Waals surface area contributed by atoms with E-state index in [4.69, 9.17) is 0 Å². The third kappa shape index (κ3) is 11.2. The Morgan fingerprint density at radius 2 is 1.36 bits per heavy atom. The van der Waals surface area contributed by atoms with E-state index in [2.05, 4.69) is 34.6 Å². The second-order valence-corrected chi connectivity index (χ2v) is 8.52. The molecule has 0 aromatic rings. The standard InChI is InChI=1S/3C4H9.Al.Li/c2*1-4(2)3;1-3-4-2;;/h2*4H,1H2,2-3H3;1,3-4H2,2H3;;. The van der Waals surface area contributed by atoms with Gasteiger partial charge in [-0.25, -0.2) is 0 Å². The molecule has 0 bridgehead atoms. The van der Waals surface area contributed by atoms with Crippen molar-refractivity contribution >= 4 is 33.0 Å². The molecule has 0 aromatic heterocycles. The van der Waals surface area contributed by atoms with E-state index in [-0.39, 0.29) is 33.0 Å². The zero-order valence-corrected chi connectivity index (χ0v) is 12.4. The number of hydrogen-bond acceptors (Lipinski definition) is 0. The molecule has 0 heterocycles. The zero-order valence-electron chi connectivity index (χ0n) is 11.3. The van der Waals surface area contributed by atoms with Crippen molar-refractivity contribution < 1.29 is 0 Å². The van der Waals surface area contributed by atoms with Crippen LogP contribution in [0.5, 0.6) is 0 Å². The van der Waals surface area contributed by atoms with Gasteiger partial charge in [0, 0.05) is 18.9 Å². The molecule has 0 nitrogen and oxygen atoms in total. The number of unbranched alkanes of at least 4 members (excludes halogenated alkanes) is 1. The first-order valence-electron chi connectivity index (χ1n) is 6.06. The van der Waals surface area contributed by atoms with Crippen molar-refractivity contribution in [2.24, 2.45) is 11.8 Å². The van der Waals surface area contributed by atoms with Crippen LogP contribution in [0, 0.1) is 11.8 Å². The van der Waals surface area contributed by atoms with Crippen LogP contribution in [0.4, 0.5) is 0 Å². The summed E-state index contributed by atoms with van der Waals surface area (Å²) in [4.78, 5) is 0. The Morgan fingerprint density at radius 3 is 1.64 bits per heavy atom. The predicted octanol–water partition coefficient (Wildman–Crippen LogP) is 4.21. The van der Waals surface area contributed by atoms with E-state index in [9.17, 15) is 0 Å². The van der Waals surface area contributed by atoms with E-state index in [0.717, 1.165) is 11.8 Å². The first-order chi connectivity index (χ1) is 6.06. The average molecular weight is 205 g/mol. The van der Waals surface area contributed by atoms with E-state index in [0.29, 0.717) is 0 Å². The van der Waals surface area contributed by atoms with Gasteiger partial charge in [-0.3, -0.25) is 0 Å². The molecule has 0 fully saturated rings. The Labute approximate surface area is 108 Å².